The van der Waals surface area contributed by atoms with Crippen molar-refractivity contribution in [2.24, 2.45) is 10.4 Å². The Morgan fingerprint density at radius 1 is 1.23 bits per heavy atom. The maximum atomic E-state index is 12.9. The zero-order chi connectivity index (χ0) is 23.1. The number of hydrogen-bond acceptors (Lipinski definition) is 5. The van der Waals surface area contributed by atoms with Crippen LogP contribution in [0.25, 0.3) is 6.08 Å². The van der Waals surface area contributed by atoms with E-state index in [0.717, 1.165) is 5.56 Å². The number of nitrogens with zero attached hydrogens (tertiary/aromatic N) is 1. The Morgan fingerprint density at radius 3 is 2.52 bits per heavy atom. The quantitative estimate of drug-likeness (QED) is 0.536. The van der Waals surface area contributed by atoms with E-state index in [1.54, 1.807) is 24.4 Å². The molecule has 2 rings (SSSR count). The van der Waals surface area contributed by atoms with Gasteiger partial charge in [-0.1, -0.05) is 36.9 Å². The zero-order valence-electron chi connectivity index (χ0n) is 17.9. The minimum absolute atomic E-state index is 0.0806. The Balaban J connectivity index is 2.11. The smallest absolute Gasteiger partial charge is 0.310 e. The molecule has 1 atom stereocenters. The molecule has 0 spiro atoms. The molecule has 1 N–H and O–H groups in total. The fourth-order valence-electron chi connectivity index (χ4n) is 2.68. The number of benzene rings is 2. The minimum atomic E-state index is -3.83. The first-order valence-corrected chi connectivity index (χ1v) is 11.2. The topological polar surface area (TPSA) is 93.0 Å². The second-order valence-electron chi connectivity index (χ2n) is 7.56. The summed E-state index contributed by atoms with van der Waals surface area (Å²) in [6.45, 7) is 7.93. The Morgan fingerprint density at radius 2 is 1.90 bits per heavy atom. The zero-order valence-corrected chi connectivity index (χ0v) is 18.7. The average Bonchev–Trinajstić information content (AvgIpc) is 2.75. The van der Waals surface area contributed by atoms with Gasteiger partial charge in [-0.2, -0.15) is 0 Å². The Kier molecular flexibility index (Phi) is 7.94. The second kappa shape index (κ2) is 10.2. The van der Waals surface area contributed by atoms with Crippen LogP contribution in [0.2, 0.25) is 0 Å². The molecule has 0 fully saturated rings. The molecule has 0 aliphatic heterocycles. The van der Waals surface area contributed by atoms with Crippen LogP contribution < -0.4 is 4.74 Å². The van der Waals surface area contributed by atoms with Crippen LogP contribution in [-0.4, -0.2) is 31.0 Å². The third-order valence-corrected chi connectivity index (χ3v) is 7.54. The van der Waals surface area contributed by atoms with Gasteiger partial charge in [0.05, 0.1) is 15.6 Å². The molecule has 6 nitrogen and oxygen atoms in total. The number of carboxylic acid groups (broad SMARTS) is 1. The highest BCUT2D eigenvalue weighted by Crippen LogP contribution is 2.31. The van der Waals surface area contributed by atoms with Gasteiger partial charge < -0.3 is 9.84 Å². The van der Waals surface area contributed by atoms with E-state index in [0.29, 0.717) is 11.3 Å². The van der Waals surface area contributed by atoms with Gasteiger partial charge >= 0.3 is 5.97 Å². The molecule has 0 bridgehead atoms. The molecule has 2 aromatic carbocycles. The summed E-state index contributed by atoms with van der Waals surface area (Å²) in [6.07, 6.45) is 6.78. The van der Waals surface area contributed by atoms with Crippen LogP contribution >= 0.6 is 0 Å². The summed E-state index contributed by atoms with van der Waals surface area (Å²) in [5.41, 5.74) is 0.232. The summed E-state index contributed by atoms with van der Waals surface area (Å²) in [5.74, 6) is -0.514. The molecule has 2 aromatic rings. The van der Waals surface area contributed by atoms with E-state index < -0.39 is 26.5 Å². The van der Waals surface area contributed by atoms with Gasteiger partial charge in [0.25, 0.3) is 0 Å². The van der Waals surface area contributed by atoms with Crippen molar-refractivity contribution >= 4 is 28.1 Å². The van der Waals surface area contributed by atoms with Crippen LogP contribution in [0.3, 0.4) is 0 Å². The molecule has 0 radical (unpaired) electrons. The molecule has 0 heterocycles. The molecule has 0 saturated heterocycles. The number of hydrogen-bond donors (Lipinski definition) is 1. The highest BCUT2D eigenvalue weighted by Gasteiger charge is 2.42. The van der Waals surface area contributed by atoms with Gasteiger partial charge in [-0.05, 0) is 62.2 Å². The van der Waals surface area contributed by atoms with E-state index in [1.807, 2.05) is 30.3 Å². The van der Waals surface area contributed by atoms with Crippen molar-refractivity contribution in [1.82, 2.24) is 0 Å². The Bertz CT molecular complexity index is 1080. The molecular weight excluding hydrogens is 414 g/mol. The number of carboxylic acids is 1. The third-order valence-electron chi connectivity index (χ3n) is 5.11. The molecule has 0 aliphatic carbocycles. The van der Waals surface area contributed by atoms with Crippen molar-refractivity contribution < 1.29 is 23.1 Å². The number of allylic oxidation sites excluding steroid dienone is 1. The molecule has 164 valence electrons. The van der Waals surface area contributed by atoms with E-state index in [9.17, 15) is 18.3 Å². The molecular formula is C24H27NO5S. The number of ether oxygens (including phenoxy) is 1. The van der Waals surface area contributed by atoms with Crippen molar-refractivity contribution in [2.75, 3.05) is 0 Å². The summed E-state index contributed by atoms with van der Waals surface area (Å²) in [6, 6.07) is 13.8. The first kappa shape index (κ1) is 24.1. The minimum Gasteiger partial charge on any atom is -0.489 e. The molecule has 0 aliphatic rings. The number of aliphatic carboxylic acids is 1. The molecule has 31 heavy (non-hydrogen) atoms. The summed E-state index contributed by atoms with van der Waals surface area (Å²) in [4.78, 5) is 15.4. The molecule has 7 heteroatoms. The number of sulfone groups is 1. The lowest BCUT2D eigenvalue weighted by molar-refractivity contribution is -0.146. The predicted molar refractivity (Wildman–Crippen MR) is 123 cm³/mol. The highest BCUT2D eigenvalue weighted by molar-refractivity contribution is 7.92. The van der Waals surface area contributed by atoms with Gasteiger partial charge in [0, 0.05) is 12.4 Å². The van der Waals surface area contributed by atoms with E-state index in [-0.39, 0.29) is 11.5 Å². The monoisotopic (exact) mass is 441 g/mol. The first-order valence-electron chi connectivity index (χ1n) is 9.69. The second-order valence-corrected chi connectivity index (χ2v) is 9.83. The largest absolute Gasteiger partial charge is 0.489 e. The lowest BCUT2D eigenvalue weighted by atomic mass is 9.90. The highest BCUT2D eigenvalue weighted by atomic mass is 32.2. The normalized spacial score (nSPS) is 13.4. The number of aliphatic imine (C=N–C) groups is 1. The standard InChI is InChI=1S/C24H27NO5S/c1-5-25-15-7-9-19-11-13-21(14-12-19)30-17-20-8-6-10-22(16-20)31(28,29)18(2)24(3,4)23(26)27/h5-16,18H,1,17H2,2-4H3,(H,26,27)/b9-7+,25-15-. The average molecular weight is 442 g/mol. The maximum Gasteiger partial charge on any atom is 0.310 e. The van der Waals surface area contributed by atoms with Gasteiger partial charge in [-0.3, -0.25) is 9.79 Å². The van der Waals surface area contributed by atoms with Crippen LogP contribution in [0.5, 0.6) is 5.75 Å². The lowest BCUT2D eigenvalue weighted by Crippen LogP contribution is -2.40. The van der Waals surface area contributed by atoms with Crippen LogP contribution in [0.15, 0.2) is 77.3 Å². The predicted octanol–water partition coefficient (Wildman–Crippen LogP) is 4.77. The van der Waals surface area contributed by atoms with Gasteiger partial charge in [0.1, 0.15) is 12.4 Å². The van der Waals surface area contributed by atoms with Crippen LogP contribution in [0.4, 0.5) is 0 Å². The first-order chi connectivity index (χ1) is 14.6. The van der Waals surface area contributed by atoms with Gasteiger partial charge in [-0.25, -0.2) is 8.42 Å². The SMILES string of the molecule is C=C/N=C\C=C\c1ccc(OCc2cccc(S(=O)(=O)C(C)C(C)(C)C(=O)O)c2)cc1. The Hall–Kier alpha value is -3.19. The lowest BCUT2D eigenvalue weighted by Gasteiger charge is -2.27. The summed E-state index contributed by atoms with van der Waals surface area (Å²) < 4.78 is 31.7. The van der Waals surface area contributed by atoms with E-state index in [4.69, 9.17) is 4.74 Å². The third kappa shape index (κ3) is 6.15. The van der Waals surface area contributed by atoms with E-state index in [1.165, 1.54) is 39.1 Å². The fourth-order valence-corrected chi connectivity index (χ4v) is 4.55. The van der Waals surface area contributed by atoms with Crippen molar-refractivity contribution in [3.63, 3.8) is 0 Å². The molecule has 1 unspecified atom stereocenters. The molecule has 0 saturated carbocycles. The van der Waals surface area contributed by atoms with Crippen molar-refractivity contribution in [2.45, 2.75) is 37.5 Å². The van der Waals surface area contributed by atoms with Gasteiger partial charge in [-0.15, -0.1) is 0 Å². The number of carbonyl (C=O) groups is 1. The summed E-state index contributed by atoms with van der Waals surface area (Å²) >= 11 is 0. The van der Waals surface area contributed by atoms with Crippen LogP contribution in [0.1, 0.15) is 31.9 Å². The summed E-state index contributed by atoms with van der Waals surface area (Å²) in [7, 11) is -3.83. The number of rotatable bonds is 10. The van der Waals surface area contributed by atoms with E-state index >= 15 is 0 Å². The van der Waals surface area contributed by atoms with Crippen LogP contribution in [-0.2, 0) is 21.2 Å². The fraction of sp³-hybridized carbons (Fsp3) is 0.250. The van der Waals surface area contributed by atoms with Crippen LogP contribution in [0, 0.1) is 5.41 Å². The van der Waals surface area contributed by atoms with Crippen molar-refractivity contribution in [3.8, 4) is 5.75 Å². The maximum absolute atomic E-state index is 12.9. The Labute approximate surface area is 183 Å². The van der Waals surface area contributed by atoms with E-state index in [2.05, 4.69) is 11.6 Å². The molecule has 0 amide bonds. The van der Waals surface area contributed by atoms with Crippen molar-refractivity contribution in [1.29, 1.82) is 0 Å². The summed E-state index contributed by atoms with van der Waals surface area (Å²) in [5, 5.41) is 8.29. The van der Waals surface area contributed by atoms with Gasteiger partial charge in [0.15, 0.2) is 9.84 Å². The van der Waals surface area contributed by atoms with Gasteiger partial charge in [0.2, 0.25) is 0 Å². The van der Waals surface area contributed by atoms with Crippen molar-refractivity contribution in [3.05, 3.63) is 78.5 Å². The molecule has 0 aromatic heterocycles.